The highest BCUT2D eigenvalue weighted by atomic mass is 19.2. The predicted octanol–water partition coefficient (Wildman–Crippen LogP) is 2.17. The summed E-state index contributed by atoms with van der Waals surface area (Å²) in [6, 6.07) is 8.11. The van der Waals surface area contributed by atoms with Crippen LogP contribution in [-0.2, 0) is 4.79 Å². The van der Waals surface area contributed by atoms with Gasteiger partial charge < -0.3 is 10.3 Å². The third kappa shape index (κ3) is 3.06. The standard InChI is InChI=1S/C17H13F2N3O3/c1-9(15(23)20-10-6-7-12(18)13(19)8-10)22-16(24)11-4-2-3-5-14(11)21-17(22)25/h2-9H,1H3,(H,20,23)(H,21,25). The van der Waals surface area contributed by atoms with Gasteiger partial charge in [-0.05, 0) is 31.2 Å². The molecule has 3 rings (SSSR count). The number of fused-ring (bicyclic) bond motifs is 1. The third-order valence-corrected chi connectivity index (χ3v) is 3.79. The molecule has 1 heterocycles. The Balaban J connectivity index is 1.97. The molecule has 1 amide bonds. The maximum absolute atomic E-state index is 13.2. The van der Waals surface area contributed by atoms with Crippen molar-refractivity contribution in [2.75, 3.05) is 5.32 Å². The van der Waals surface area contributed by atoms with Crippen LogP contribution < -0.4 is 16.6 Å². The van der Waals surface area contributed by atoms with Gasteiger partial charge in [-0.1, -0.05) is 12.1 Å². The first-order chi connectivity index (χ1) is 11.9. The molecule has 0 bridgehead atoms. The monoisotopic (exact) mass is 345 g/mol. The number of rotatable bonds is 3. The van der Waals surface area contributed by atoms with Crippen molar-refractivity contribution in [1.29, 1.82) is 0 Å². The van der Waals surface area contributed by atoms with Gasteiger partial charge in [0.1, 0.15) is 6.04 Å². The van der Waals surface area contributed by atoms with Crippen molar-refractivity contribution in [2.45, 2.75) is 13.0 Å². The second kappa shape index (κ2) is 6.31. The van der Waals surface area contributed by atoms with Gasteiger partial charge in [-0.2, -0.15) is 0 Å². The molecular weight excluding hydrogens is 332 g/mol. The second-order valence-corrected chi connectivity index (χ2v) is 5.45. The van der Waals surface area contributed by atoms with E-state index in [1.807, 2.05) is 0 Å². The van der Waals surface area contributed by atoms with Crippen LogP contribution in [0, 0.1) is 11.6 Å². The molecule has 1 aromatic heterocycles. The molecule has 0 spiro atoms. The molecule has 25 heavy (non-hydrogen) atoms. The number of benzene rings is 2. The largest absolute Gasteiger partial charge is 0.329 e. The SMILES string of the molecule is CC(C(=O)Nc1ccc(F)c(F)c1)n1c(=O)[nH]c2ccccc2c1=O. The Labute approximate surface area is 139 Å². The van der Waals surface area contributed by atoms with E-state index in [-0.39, 0.29) is 11.1 Å². The number of carbonyl (C=O) groups is 1. The summed E-state index contributed by atoms with van der Waals surface area (Å²) < 4.78 is 26.9. The molecule has 3 aromatic rings. The van der Waals surface area contributed by atoms with Crippen molar-refractivity contribution in [2.24, 2.45) is 0 Å². The number of aromatic nitrogens is 2. The average Bonchev–Trinajstić information content (AvgIpc) is 2.58. The first kappa shape index (κ1) is 16.6. The van der Waals surface area contributed by atoms with Gasteiger partial charge in [0.15, 0.2) is 11.6 Å². The Morgan fingerprint density at radius 2 is 1.84 bits per heavy atom. The van der Waals surface area contributed by atoms with Gasteiger partial charge in [-0.3, -0.25) is 9.59 Å². The number of anilines is 1. The first-order valence-electron chi connectivity index (χ1n) is 7.38. The van der Waals surface area contributed by atoms with Gasteiger partial charge in [0, 0.05) is 11.8 Å². The van der Waals surface area contributed by atoms with E-state index in [4.69, 9.17) is 0 Å². The summed E-state index contributed by atoms with van der Waals surface area (Å²) in [7, 11) is 0. The molecule has 0 saturated heterocycles. The summed E-state index contributed by atoms with van der Waals surface area (Å²) in [4.78, 5) is 39.5. The molecule has 0 aliphatic heterocycles. The molecule has 2 aromatic carbocycles. The van der Waals surface area contributed by atoms with Crippen LogP contribution >= 0.6 is 0 Å². The van der Waals surface area contributed by atoms with Crippen molar-refractivity contribution >= 4 is 22.5 Å². The summed E-state index contributed by atoms with van der Waals surface area (Å²) in [6.07, 6.45) is 0. The Morgan fingerprint density at radius 3 is 2.56 bits per heavy atom. The Hall–Kier alpha value is -3.29. The number of hydrogen-bond acceptors (Lipinski definition) is 3. The fourth-order valence-electron chi connectivity index (χ4n) is 2.47. The number of amides is 1. The molecule has 0 aliphatic rings. The third-order valence-electron chi connectivity index (χ3n) is 3.79. The molecule has 128 valence electrons. The minimum Gasteiger partial charge on any atom is -0.324 e. The Kier molecular flexibility index (Phi) is 4.18. The molecule has 0 radical (unpaired) electrons. The summed E-state index contributed by atoms with van der Waals surface area (Å²) in [5.74, 6) is -2.88. The Morgan fingerprint density at radius 1 is 1.12 bits per heavy atom. The lowest BCUT2D eigenvalue weighted by atomic mass is 10.2. The minimum absolute atomic E-state index is 0.0148. The summed E-state index contributed by atoms with van der Waals surface area (Å²) >= 11 is 0. The van der Waals surface area contributed by atoms with E-state index < -0.39 is 34.8 Å². The van der Waals surface area contributed by atoms with Crippen LogP contribution in [0.2, 0.25) is 0 Å². The van der Waals surface area contributed by atoms with E-state index in [1.165, 1.54) is 19.1 Å². The molecule has 8 heteroatoms. The van der Waals surface area contributed by atoms with Crippen molar-refractivity contribution in [3.05, 3.63) is 74.9 Å². The topological polar surface area (TPSA) is 84.0 Å². The lowest BCUT2D eigenvalue weighted by Crippen LogP contribution is -2.41. The number of hydrogen-bond donors (Lipinski definition) is 2. The van der Waals surface area contributed by atoms with Gasteiger partial charge in [-0.25, -0.2) is 18.1 Å². The lowest BCUT2D eigenvalue weighted by Gasteiger charge is -2.15. The second-order valence-electron chi connectivity index (χ2n) is 5.45. The van der Waals surface area contributed by atoms with Crippen LogP contribution in [0.15, 0.2) is 52.1 Å². The van der Waals surface area contributed by atoms with Crippen molar-refractivity contribution in [1.82, 2.24) is 9.55 Å². The first-order valence-corrected chi connectivity index (χ1v) is 7.38. The quantitative estimate of drug-likeness (QED) is 0.763. The number of nitrogens with one attached hydrogen (secondary N) is 2. The molecule has 0 saturated carbocycles. The van der Waals surface area contributed by atoms with E-state index >= 15 is 0 Å². The lowest BCUT2D eigenvalue weighted by molar-refractivity contribution is -0.119. The van der Waals surface area contributed by atoms with Gasteiger partial charge >= 0.3 is 5.69 Å². The van der Waals surface area contributed by atoms with Gasteiger partial charge in [0.25, 0.3) is 5.56 Å². The number of para-hydroxylation sites is 1. The number of carbonyl (C=O) groups excluding carboxylic acids is 1. The zero-order valence-corrected chi connectivity index (χ0v) is 13.0. The molecular formula is C17H13F2N3O3. The van der Waals surface area contributed by atoms with Crippen molar-refractivity contribution in [3.63, 3.8) is 0 Å². The van der Waals surface area contributed by atoms with Crippen LogP contribution in [0.1, 0.15) is 13.0 Å². The molecule has 2 N–H and O–H groups in total. The van der Waals surface area contributed by atoms with E-state index in [9.17, 15) is 23.2 Å². The van der Waals surface area contributed by atoms with Gasteiger partial charge in [0.2, 0.25) is 5.91 Å². The highest BCUT2D eigenvalue weighted by Gasteiger charge is 2.20. The summed E-state index contributed by atoms with van der Waals surface area (Å²) in [5.41, 5.74) is -0.980. The van der Waals surface area contributed by atoms with Crippen molar-refractivity contribution < 1.29 is 13.6 Å². The molecule has 6 nitrogen and oxygen atoms in total. The van der Waals surface area contributed by atoms with Crippen LogP contribution in [0.3, 0.4) is 0 Å². The zero-order valence-electron chi connectivity index (χ0n) is 13.0. The fraction of sp³-hybridized carbons (Fsp3) is 0.118. The number of halogens is 2. The highest BCUT2D eigenvalue weighted by molar-refractivity contribution is 5.93. The highest BCUT2D eigenvalue weighted by Crippen LogP contribution is 2.15. The van der Waals surface area contributed by atoms with E-state index in [2.05, 4.69) is 10.3 Å². The smallest absolute Gasteiger partial charge is 0.324 e. The zero-order chi connectivity index (χ0) is 18.1. The van der Waals surface area contributed by atoms with E-state index in [0.29, 0.717) is 5.52 Å². The average molecular weight is 345 g/mol. The Bertz CT molecular complexity index is 1090. The molecule has 1 atom stereocenters. The maximum atomic E-state index is 13.2. The number of aromatic amines is 1. The normalized spacial score (nSPS) is 12.1. The minimum atomic E-state index is -1.16. The van der Waals surface area contributed by atoms with E-state index in [1.54, 1.807) is 18.2 Å². The number of nitrogens with zero attached hydrogens (tertiary/aromatic N) is 1. The fourth-order valence-corrected chi connectivity index (χ4v) is 2.47. The molecule has 0 fully saturated rings. The van der Waals surface area contributed by atoms with Crippen molar-refractivity contribution in [3.8, 4) is 0 Å². The van der Waals surface area contributed by atoms with Gasteiger partial charge in [-0.15, -0.1) is 0 Å². The van der Waals surface area contributed by atoms with E-state index in [0.717, 1.165) is 16.7 Å². The van der Waals surface area contributed by atoms with Crippen LogP contribution in [0.4, 0.5) is 14.5 Å². The van der Waals surface area contributed by atoms with Crippen LogP contribution in [-0.4, -0.2) is 15.5 Å². The summed E-state index contributed by atoms with van der Waals surface area (Å²) in [6.45, 7) is 1.36. The summed E-state index contributed by atoms with van der Waals surface area (Å²) in [5, 5.41) is 2.61. The van der Waals surface area contributed by atoms with Gasteiger partial charge in [0.05, 0.1) is 10.9 Å². The van der Waals surface area contributed by atoms with Crippen LogP contribution in [0.25, 0.3) is 10.9 Å². The molecule has 1 unspecified atom stereocenters. The predicted molar refractivity (Wildman–Crippen MR) is 88.5 cm³/mol. The number of H-pyrrole nitrogens is 1. The van der Waals surface area contributed by atoms with Crippen LogP contribution in [0.5, 0.6) is 0 Å². The molecule has 0 aliphatic carbocycles. The maximum Gasteiger partial charge on any atom is 0.329 e.